The van der Waals surface area contributed by atoms with Crippen LogP contribution < -0.4 is 4.72 Å². The van der Waals surface area contributed by atoms with Crippen LogP contribution in [0.15, 0.2) is 41.3 Å². The Morgan fingerprint density at radius 3 is 2.52 bits per heavy atom. The zero-order valence-corrected chi connectivity index (χ0v) is 13.4. The zero-order valence-electron chi connectivity index (χ0n) is 11.1. The Labute approximate surface area is 133 Å². The molecule has 0 amide bonds. The maximum Gasteiger partial charge on any atom is 0.263 e. The summed E-state index contributed by atoms with van der Waals surface area (Å²) in [7, 11) is -3.87. The van der Waals surface area contributed by atoms with E-state index in [9.17, 15) is 8.42 Å². The van der Waals surface area contributed by atoms with Gasteiger partial charge in [-0.15, -0.1) is 0 Å². The second kappa shape index (κ2) is 6.23. The van der Waals surface area contributed by atoms with Crippen LogP contribution in [0.1, 0.15) is 11.1 Å². The van der Waals surface area contributed by atoms with Crippen molar-refractivity contribution >= 4 is 38.9 Å². The molecule has 112 valence electrons. The number of benzene rings is 2. The van der Waals surface area contributed by atoms with Crippen molar-refractivity contribution in [3.63, 3.8) is 0 Å². The molecule has 0 saturated carbocycles. The molecular weight excluding hydrogens is 333 g/mol. The molecule has 21 heavy (non-hydrogen) atoms. The van der Waals surface area contributed by atoms with Crippen molar-refractivity contribution in [2.24, 2.45) is 0 Å². The second-order valence-corrected chi connectivity index (χ2v) is 6.91. The lowest BCUT2D eigenvalue weighted by atomic mass is 10.2. The number of sulfonamides is 1. The van der Waals surface area contributed by atoms with E-state index < -0.39 is 10.0 Å². The number of nitrogens with one attached hydrogen (secondary N) is 1. The van der Waals surface area contributed by atoms with Crippen LogP contribution in [0.25, 0.3) is 0 Å². The van der Waals surface area contributed by atoms with Crippen LogP contribution in [0.5, 0.6) is 0 Å². The normalized spacial score (nSPS) is 11.4. The van der Waals surface area contributed by atoms with Crippen LogP contribution in [0.3, 0.4) is 0 Å². The average Bonchev–Trinajstić information content (AvgIpc) is 2.44. The maximum atomic E-state index is 12.4. The van der Waals surface area contributed by atoms with Crippen LogP contribution in [0, 0.1) is 6.92 Å². The van der Waals surface area contributed by atoms with Crippen LogP contribution in [0.2, 0.25) is 10.0 Å². The van der Waals surface area contributed by atoms with Gasteiger partial charge in [0.2, 0.25) is 0 Å². The summed E-state index contributed by atoms with van der Waals surface area (Å²) in [6.07, 6.45) is 0. The number of aliphatic hydroxyl groups excluding tert-OH is 1. The largest absolute Gasteiger partial charge is 0.392 e. The van der Waals surface area contributed by atoms with Crippen LogP contribution in [-0.4, -0.2) is 13.5 Å². The third kappa shape index (κ3) is 3.49. The maximum absolute atomic E-state index is 12.4. The SMILES string of the molecule is Cc1c(Cl)cccc1NS(=O)(=O)c1cc(CO)ccc1Cl. The van der Waals surface area contributed by atoms with E-state index in [0.29, 0.717) is 21.8 Å². The van der Waals surface area contributed by atoms with Crippen molar-refractivity contribution in [3.8, 4) is 0 Å². The average molecular weight is 346 g/mol. The highest BCUT2D eigenvalue weighted by Gasteiger charge is 2.19. The topological polar surface area (TPSA) is 66.4 Å². The number of anilines is 1. The fourth-order valence-electron chi connectivity index (χ4n) is 1.77. The monoisotopic (exact) mass is 345 g/mol. The molecule has 0 atom stereocenters. The van der Waals surface area contributed by atoms with Crippen molar-refractivity contribution < 1.29 is 13.5 Å². The van der Waals surface area contributed by atoms with Gasteiger partial charge in [0.25, 0.3) is 10.0 Å². The second-order valence-electron chi connectivity index (χ2n) is 4.44. The summed E-state index contributed by atoms with van der Waals surface area (Å²) in [5.74, 6) is 0. The third-order valence-electron chi connectivity index (χ3n) is 2.98. The molecule has 7 heteroatoms. The van der Waals surface area contributed by atoms with Gasteiger partial charge in [-0.05, 0) is 42.3 Å². The van der Waals surface area contributed by atoms with Gasteiger partial charge >= 0.3 is 0 Å². The van der Waals surface area contributed by atoms with E-state index in [1.807, 2.05) is 0 Å². The predicted octanol–water partition coefficient (Wildman–Crippen LogP) is 3.59. The molecule has 2 aromatic carbocycles. The summed E-state index contributed by atoms with van der Waals surface area (Å²) in [4.78, 5) is -0.0879. The van der Waals surface area contributed by atoms with Gasteiger partial charge in [-0.2, -0.15) is 0 Å². The Hall–Kier alpha value is -1.27. The lowest BCUT2D eigenvalue weighted by Crippen LogP contribution is -2.14. The standard InChI is InChI=1S/C14H13Cl2NO3S/c1-9-11(15)3-2-4-13(9)17-21(19,20)14-7-10(8-18)5-6-12(14)16/h2-7,17-18H,8H2,1H3. The Morgan fingerprint density at radius 1 is 1.14 bits per heavy atom. The van der Waals surface area contributed by atoms with Gasteiger partial charge in [-0.1, -0.05) is 35.3 Å². The minimum Gasteiger partial charge on any atom is -0.392 e. The minimum absolute atomic E-state index is 0.0828. The van der Waals surface area contributed by atoms with Crippen molar-refractivity contribution in [2.45, 2.75) is 18.4 Å². The number of hydrogen-bond donors (Lipinski definition) is 2. The first-order valence-corrected chi connectivity index (χ1v) is 8.26. The summed E-state index contributed by atoms with van der Waals surface area (Å²) < 4.78 is 27.3. The first kappa shape index (κ1) is 16.1. The van der Waals surface area contributed by atoms with Crippen LogP contribution in [0.4, 0.5) is 5.69 Å². The van der Waals surface area contributed by atoms with E-state index in [0.717, 1.165) is 0 Å². The molecule has 0 saturated heterocycles. The number of rotatable bonds is 4. The highest BCUT2D eigenvalue weighted by molar-refractivity contribution is 7.92. The lowest BCUT2D eigenvalue weighted by Gasteiger charge is -2.13. The predicted molar refractivity (Wildman–Crippen MR) is 84.4 cm³/mol. The number of aliphatic hydroxyl groups is 1. The minimum atomic E-state index is -3.87. The summed E-state index contributed by atoms with van der Waals surface area (Å²) in [6.45, 7) is 1.45. The fraction of sp³-hybridized carbons (Fsp3) is 0.143. The zero-order chi connectivity index (χ0) is 15.6. The highest BCUT2D eigenvalue weighted by Crippen LogP contribution is 2.28. The first-order chi connectivity index (χ1) is 9.85. The van der Waals surface area contributed by atoms with E-state index >= 15 is 0 Å². The molecule has 4 nitrogen and oxygen atoms in total. The molecule has 0 aliphatic rings. The van der Waals surface area contributed by atoms with E-state index in [1.165, 1.54) is 12.1 Å². The third-order valence-corrected chi connectivity index (χ3v) is 5.24. The molecule has 2 aromatic rings. The molecule has 0 bridgehead atoms. The molecule has 0 aliphatic heterocycles. The number of hydrogen-bond acceptors (Lipinski definition) is 3. The van der Waals surface area contributed by atoms with Crippen molar-refractivity contribution in [1.29, 1.82) is 0 Å². The quantitative estimate of drug-likeness (QED) is 0.889. The van der Waals surface area contributed by atoms with Crippen LogP contribution >= 0.6 is 23.2 Å². The van der Waals surface area contributed by atoms with Gasteiger partial charge in [0, 0.05) is 5.02 Å². The highest BCUT2D eigenvalue weighted by atomic mass is 35.5. The van der Waals surface area contributed by atoms with Gasteiger partial charge in [0.05, 0.1) is 17.3 Å². The molecule has 2 N–H and O–H groups in total. The van der Waals surface area contributed by atoms with Gasteiger partial charge in [0.1, 0.15) is 4.90 Å². The van der Waals surface area contributed by atoms with Crippen LogP contribution in [-0.2, 0) is 16.6 Å². The molecule has 0 aromatic heterocycles. The van der Waals surface area contributed by atoms with E-state index in [-0.39, 0.29) is 16.5 Å². The van der Waals surface area contributed by atoms with Crippen molar-refractivity contribution in [2.75, 3.05) is 4.72 Å². The summed E-state index contributed by atoms with van der Waals surface area (Å²) in [5, 5.41) is 9.66. The molecular formula is C14H13Cl2NO3S. The molecule has 0 aliphatic carbocycles. The van der Waals surface area contributed by atoms with Crippen molar-refractivity contribution in [3.05, 3.63) is 57.6 Å². The summed E-state index contributed by atoms with van der Waals surface area (Å²) in [5.41, 5.74) is 1.47. The summed E-state index contributed by atoms with van der Waals surface area (Å²) in [6, 6.07) is 9.28. The van der Waals surface area contributed by atoms with E-state index in [2.05, 4.69) is 4.72 Å². The fourth-order valence-corrected chi connectivity index (χ4v) is 3.62. The Balaban J connectivity index is 2.46. The molecule has 0 heterocycles. The molecule has 0 fully saturated rings. The Kier molecular flexibility index (Phi) is 4.78. The summed E-state index contributed by atoms with van der Waals surface area (Å²) >= 11 is 11.9. The smallest absolute Gasteiger partial charge is 0.263 e. The molecule has 0 unspecified atom stereocenters. The van der Waals surface area contributed by atoms with E-state index in [4.69, 9.17) is 28.3 Å². The Morgan fingerprint density at radius 2 is 1.86 bits per heavy atom. The number of halogens is 2. The Bertz CT molecular complexity index is 776. The molecule has 2 rings (SSSR count). The van der Waals surface area contributed by atoms with E-state index in [1.54, 1.807) is 31.2 Å². The molecule has 0 radical (unpaired) electrons. The van der Waals surface area contributed by atoms with Crippen molar-refractivity contribution in [1.82, 2.24) is 0 Å². The lowest BCUT2D eigenvalue weighted by molar-refractivity contribution is 0.281. The van der Waals surface area contributed by atoms with Gasteiger partial charge in [-0.3, -0.25) is 4.72 Å². The van der Waals surface area contributed by atoms with Gasteiger partial charge in [0.15, 0.2) is 0 Å². The first-order valence-electron chi connectivity index (χ1n) is 6.02. The van der Waals surface area contributed by atoms with Gasteiger partial charge < -0.3 is 5.11 Å². The molecule has 0 spiro atoms. The van der Waals surface area contributed by atoms with Gasteiger partial charge in [-0.25, -0.2) is 8.42 Å².